The van der Waals surface area contributed by atoms with Crippen LogP contribution in [0.1, 0.15) is 57.8 Å². The molecule has 29 heavy (non-hydrogen) atoms. The van der Waals surface area contributed by atoms with Crippen molar-refractivity contribution >= 4 is 0 Å². The molecule has 9 heteroatoms. The molecule has 0 aromatic carbocycles. The zero-order valence-electron chi connectivity index (χ0n) is 17.1. The van der Waals surface area contributed by atoms with Gasteiger partial charge < -0.3 is 31.9 Å². The third kappa shape index (κ3) is 11.2. The number of nitrogens with one attached hydrogen (secondary N) is 2. The fourth-order valence-electron chi connectivity index (χ4n) is 3.66. The first-order valence-corrected chi connectivity index (χ1v) is 13.0. The van der Waals surface area contributed by atoms with E-state index in [0.29, 0.717) is 18.5 Å². The average molecular weight is 577 g/mol. The van der Waals surface area contributed by atoms with Gasteiger partial charge in [0.05, 0.1) is 0 Å². The Labute approximate surface area is 183 Å². The van der Waals surface area contributed by atoms with Gasteiger partial charge in [0.25, 0.3) is 0 Å². The van der Waals surface area contributed by atoms with E-state index in [1.165, 1.54) is 51.4 Å². The third-order valence-corrected chi connectivity index (χ3v) is 5.16. The minimum absolute atomic E-state index is 0.301. The number of allylic oxidation sites excluding steroid dienone is 2. The predicted molar refractivity (Wildman–Crippen MR) is 111 cm³/mol. The van der Waals surface area contributed by atoms with Crippen molar-refractivity contribution in [2.75, 3.05) is 26.2 Å². The summed E-state index contributed by atoms with van der Waals surface area (Å²) < 4.78 is 17.1. The van der Waals surface area contributed by atoms with E-state index in [-0.39, 0.29) is 0 Å². The summed E-state index contributed by atoms with van der Waals surface area (Å²) in [7, 11) is 0. The van der Waals surface area contributed by atoms with Crippen LogP contribution >= 0.6 is 0 Å². The second-order valence-corrected chi connectivity index (χ2v) is 7.90. The Morgan fingerprint density at radius 3 is 1.72 bits per heavy atom. The molecule has 4 heterocycles. The molecule has 0 saturated carbocycles. The van der Waals surface area contributed by atoms with Gasteiger partial charge in [-0.05, 0) is 6.54 Å². The van der Waals surface area contributed by atoms with Gasteiger partial charge in [-0.2, -0.15) is 0 Å². The van der Waals surface area contributed by atoms with Gasteiger partial charge >= 0.3 is 24.8 Å². The molecule has 0 radical (unpaired) electrons. The molecule has 0 spiro atoms. The normalized spacial score (nSPS) is 29.0. The molecule has 3 saturated heterocycles. The molecule has 4 aliphatic heterocycles. The summed E-state index contributed by atoms with van der Waals surface area (Å²) in [5, 5.41) is 24.8. The van der Waals surface area contributed by atoms with Crippen LogP contribution in [0.5, 0.6) is 0 Å². The van der Waals surface area contributed by atoms with Gasteiger partial charge in [0.15, 0.2) is 0 Å². The van der Waals surface area contributed by atoms with E-state index in [9.17, 15) is 0 Å². The van der Waals surface area contributed by atoms with Gasteiger partial charge in [-0.3, -0.25) is 0 Å². The Morgan fingerprint density at radius 1 is 0.793 bits per heavy atom. The van der Waals surface area contributed by atoms with Crippen LogP contribution in [0.25, 0.3) is 21.3 Å². The van der Waals surface area contributed by atoms with Crippen molar-refractivity contribution in [2.45, 2.75) is 76.3 Å². The van der Waals surface area contributed by atoms with E-state index >= 15 is 0 Å². The molecule has 3 fully saturated rings. The topological polar surface area (TPSA) is 115 Å². The number of piperidine rings is 3. The van der Waals surface area contributed by atoms with Crippen LogP contribution in [0.3, 0.4) is 0 Å². The Morgan fingerprint density at radius 2 is 1.31 bits per heavy atom. The summed E-state index contributed by atoms with van der Waals surface area (Å²) in [5.41, 5.74) is 0. The fourth-order valence-corrected chi connectivity index (χ4v) is 3.66. The maximum atomic E-state index is 8.53. The maximum absolute atomic E-state index is 8.53. The third-order valence-electron chi connectivity index (χ3n) is 5.16. The van der Waals surface area contributed by atoms with Crippen molar-refractivity contribution in [3.63, 3.8) is 0 Å². The molecule has 167 valence electrons. The van der Waals surface area contributed by atoms with Gasteiger partial charge in [-0.25, -0.2) is 0 Å². The van der Waals surface area contributed by atoms with Crippen LogP contribution in [0.4, 0.5) is 0 Å². The van der Waals surface area contributed by atoms with Gasteiger partial charge in [-0.15, -0.1) is 25.8 Å². The van der Waals surface area contributed by atoms with Crippen molar-refractivity contribution in [1.82, 2.24) is 10.6 Å². The quantitative estimate of drug-likeness (QED) is 0.518. The molecule has 8 nitrogen and oxygen atoms in total. The Kier molecular flexibility index (Phi) is 13.4. The Hall–Kier alpha value is -0.818. The van der Waals surface area contributed by atoms with Gasteiger partial charge in [-0.1, -0.05) is 94.2 Å². The first-order chi connectivity index (χ1) is 14.3. The number of hydrogen-bond acceptors (Lipinski definition) is 4. The molecule has 0 aliphatic carbocycles. The van der Waals surface area contributed by atoms with Crippen molar-refractivity contribution < 1.29 is 24.8 Å². The average Bonchev–Trinajstić information content (AvgIpc) is 2.78. The summed E-state index contributed by atoms with van der Waals surface area (Å²) in [6.45, 7) is 3.89. The van der Waals surface area contributed by atoms with Crippen LogP contribution < -0.4 is 10.6 Å². The summed E-state index contributed by atoms with van der Waals surface area (Å²) >= 11 is -2.17. The standard InChI is InChI=1S/C10H19N3.C10H15N3.2O.Re/c2*1-3-7-11-9(5-1)13-10-6-2-4-8-12-10;;;/h9-10,13H,1-8H2;1,3,5,10,13H,2,4,6-8H2;;;/q2*-2;;;. The zero-order valence-corrected chi connectivity index (χ0v) is 19.9. The van der Waals surface area contributed by atoms with Crippen molar-refractivity contribution in [2.24, 2.45) is 0 Å². The van der Waals surface area contributed by atoms with Crippen molar-refractivity contribution in [3.05, 3.63) is 45.3 Å². The van der Waals surface area contributed by atoms with E-state index in [4.69, 9.17) is 6.94 Å². The van der Waals surface area contributed by atoms with Crippen LogP contribution in [0.15, 0.2) is 24.0 Å². The van der Waals surface area contributed by atoms with E-state index in [0.717, 1.165) is 38.4 Å². The molecule has 4 aliphatic rings. The Bertz CT molecular complexity index is 505. The molecule has 0 aromatic rings. The van der Waals surface area contributed by atoms with E-state index in [1.54, 1.807) is 0 Å². The minimum atomic E-state index is -2.17. The van der Waals surface area contributed by atoms with E-state index < -0.39 is 17.9 Å². The molecular formula is C20H34N6O2Re-4. The van der Waals surface area contributed by atoms with Gasteiger partial charge in [0.1, 0.15) is 0 Å². The van der Waals surface area contributed by atoms with Crippen LogP contribution in [0.2, 0.25) is 0 Å². The molecule has 2 N–H and O–H groups in total. The van der Waals surface area contributed by atoms with Crippen molar-refractivity contribution in [3.8, 4) is 0 Å². The summed E-state index contributed by atoms with van der Waals surface area (Å²) in [6, 6.07) is 0. The monoisotopic (exact) mass is 577 g/mol. The van der Waals surface area contributed by atoms with Gasteiger partial charge in [0, 0.05) is 0 Å². The van der Waals surface area contributed by atoms with E-state index in [1.807, 2.05) is 18.2 Å². The van der Waals surface area contributed by atoms with Crippen molar-refractivity contribution in [1.29, 1.82) is 0 Å². The number of nitrogens with zero attached hydrogens (tertiary/aromatic N) is 4. The first kappa shape index (κ1) is 24.5. The van der Waals surface area contributed by atoms with Crippen LogP contribution in [-0.2, 0) is 24.8 Å². The van der Waals surface area contributed by atoms with Crippen LogP contribution in [0, 0.1) is 0 Å². The van der Waals surface area contributed by atoms with Gasteiger partial charge in [0.2, 0.25) is 0 Å². The Balaban J connectivity index is 0.000000183. The molecule has 4 rings (SSSR count). The molecule has 0 bridgehead atoms. The summed E-state index contributed by atoms with van der Waals surface area (Å²) in [4.78, 5) is 0. The number of hydrogen-bond donors (Lipinski definition) is 2. The molecular weight excluding hydrogens is 542 g/mol. The summed E-state index contributed by atoms with van der Waals surface area (Å²) in [6.07, 6.45) is 18.5. The number of rotatable bonds is 4. The predicted octanol–water partition coefficient (Wildman–Crippen LogP) is 4.35. The summed E-state index contributed by atoms with van der Waals surface area (Å²) in [5.74, 6) is 0.984. The second kappa shape index (κ2) is 15.9. The van der Waals surface area contributed by atoms with Crippen LogP contribution in [-0.4, -0.2) is 44.7 Å². The first-order valence-electron chi connectivity index (χ1n) is 10.8. The molecule has 3 unspecified atom stereocenters. The van der Waals surface area contributed by atoms with E-state index in [2.05, 4.69) is 31.9 Å². The molecule has 3 atom stereocenters. The molecule has 0 amide bonds. The fraction of sp³-hybridized carbons (Fsp3) is 0.800. The molecule has 0 aromatic heterocycles. The SMILES string of the molecule is C1=CC[N-]C(NC2CCCC[N-]2)=C1.C1CCC(NC2CCCC[N-]2)[N-]C1.[O]=[Re]=[O]. The second-order valence-electron chi connectivity index (χ2n) is 7.45. The zero-order chi connectivity index (χ0) is 20.6.